The SMILES string of the molecule is C[N]CC=CCOC. The predicted octanol–water partition coefficient (Wildman–Crippen LogP) is 0.423. The van der Waals surface area contributed by atoms with Gasteiger partial charge in [0.15, 0.2) is 0 Å². The zero-order valence-electron chi connectivity index (χ0n) is 5.42. The Bertz CT molecular complexity index is 53.5. The van der Waals surface area contributed by atoms with E-state index in [-0.39, 0.29) is 0 Å². The number of likely N-dealkylation sites (N-methyl/N-ethyl adjacent to an activating group) is 1. The quantitative estimate of drug-likeness (QED) is 0.486. The molecule has 0 unspecified atom stereocenters. The summed E-state index contributed by atoms with van der Waals surface area (Å²) in [6.07, 6.45) is 3.93. The van der Waals surface area contributed by atoms with E-state index in [1.165, 1.54) is 0 Å². The van der Waals surface area contributed by atoms with E-state index in [0.717, 1.165) is 6.54 Å². The summed E-state index contributed by atoms with van der Waals surface area (Å²) in [5.41, 5.74) is 0. The minimum Gasteiger partial charge on any atom is -0.381 e. The summed E-state index contributed by atoms with van der Waals surface area (Å²) in [4.78, 5) is 0. The highest BCUT2D eigenvalue weighted by atomic mass is 16.5. The van der Waals surface area contributed by atoms with Crippen molar-refractivity contribution in [3.8, 4) is 0 Å². The third kappa shape index (κ3) is 5.66. The fourth-order valence-corrected chi connectivity index (χ4v) is 0.344. The number of nitrogens with zero attached hydrogens (tertiary/aromatic N) is 1. The second-order valence-electron chi connectivity index (χ2n) is 1.43. The second kappa shape index (κ2) is 6.66. The fraction of sp³-hybridized carbons (Fsp3) is 0.667. The van der Waals surface area contributed by atoms with E-state index in [2.05, 4.69) is 5.32 Å². The summed E-state index contributed by atoms with van der Waals surface area (Å²) in [5, 5.41) is 3.87. The summed E-state index contributed by atoms with van der Waals surface area (Å²) >= 11 is 0. The summed E-state index contributed by atoms with van der Waals surface area (Å²) < 4.78 is 4.76. The zero-order chi connectivity index (χ0) is 6.24. The van der Waals surface area contributed by atoms with E-state index in [1.807, 2.05) is 12.2 Å². The average Bonchev–Trinajstić information content (AvgIpc) is 1.81. The largest absolute Gasteiger partial charge is 0.381 e. The summed E-state index contributed by atoms with van der Waals surface area (Å²) in [7, 11) is 3.46. The highest BCUT2D eigenvalue weighted by Crippen LogP contribution is 1.71. The van der Waals surface area contributed by atoms with Crippen molar-refractivity contribution in [2.24, 2.45) is 0 Å². The molecule has 1 radical (unpaired) electrons. The summed E-state index contributed by atoms with van der Waals surface area (Å²) in [5.74, 6) is 0. The van der Waals surface area contributed by atoms with Crippen molar-refractivity contribution in [3.05, 3.63) is 12.2 Å². The molecular weight excluding hydrogens is 102 g/mol. The van der Waals surface area contributed by atoms with E-state index >= 15 is 0 Å². The molecule has 0 saturated carbocycles. The maximum Gasteiger partial charge on any atom is 0.0644 e. The highest BCUT2D eigenvalue weighted by Gasteiger charge is 1.70. The molecule has 0 N–H and O–H groups in total. The van der Waals surface area contributed by atoms with Crippen molar-refractivity contribution in [2.75, 3.05) is 27.3 Å². The molecule has 0 aliphatic carbocycles. The monoisotopic (exact) mass is 114 g/mol. The number of ether oxygens (including phenoxy) is 1. The first-order valence-electron chi connectivity index (χ1n) is 2.61. The lowest BCUT2D eigenvalue weighted by Gasteiger charge is -1.86. The van der Waals surface area contributed by atoms with E-state index in [9.17, 15) is 0 Å². The van der Waals surface area contributed by atoms with Crippen LogP contribution in [-0.2, 0) is 4.74 Å². The van der Waals surface area contributed by atoms with Crippen molar-refractivity contribution in [2.45, 2.75) is 0 Å². The van der Waals surface area contributed by atoms with Crippen LogP contribution in [-0.4, -0.2) is 27.3 Å². The third-order valence-corrected chi connectivity index (χ3v) is 0.718. The van der Waals surface area contributed by atoms with E-state index in [4.69, 9.17) is 4.74 Å². The minimum absolute atomic E-state index is 0.690. The van der Waals surface area contributed by atoms with Gasteiger partial charge in [-0.25, -0.2) is 5.32 Å². The molecule has 0 rings (SSSR count). The maximum absolute atomic E-state index is 4.76. The lowest BCUT2D eigenvalue weighted by atomic mass is 10.5. The molecule has 0 bridgehead atoms. The lowest BCUT2D eigenvalue weighted by molar-refractivity contribution is 0.233. The Morgan fingerprint density at radius 1 is 1.50 bits per heavy atom. The van der Waals surface area contributed by atoms with Gasteiger partial charge in [-0.05, 0) is 0 Å². The minimum atomic E-state index is 0.690. The van der Waals surface area contributed by atoms with E-state index in [0.29, 0.717) is 6.61 Å². The Kier molecular flexibility index (Phi) is 6.38. The Labute approximate surface area is 50.5 Å². The van der Waals surface area contributed by atoms with Gasteiger partial charge in [0, 0.05) is 20.7 Å². The topological polar surface area (TPSA) is 23.3 Å². The predicted molar refractivity (Wildman–Crippen MR) is 33.9 cm³/mol. The molecule has 0 aromatic heterocycles. The molecule has 0 aliphatic heterocycles. The number of methoxy groups -OCH3 is 1. The zero-order valence-corrected chi connectivity index (χ0v) is 5.42. The molecule has 2 nitrogen and oxygen atoms in total. The molecule has 0 atom stereocenters. The Balaban J connectivity index is 2.83. The molecule has 8 heavy (non-hydrogen) atoms. The lowest BCUT2D eigenvalue weighted by Crippen LogP contribution is -1.94. The first kappa shape index (κ1) is 7.66. The van der Waals surface area contributed by atoms with Gasteiger partial charge < -0.3 is 4.74 Å². The Hall–Kier alpha value is -0.340. The molecule has 0 saturated heterocycles. The Morgan fingerprint density at radius 2 is 2.25 bits per heavy atom. The van der Waals surface area contributed by atoms with Gasteiger partial charge in [-0.15, -0.1) is 0 Å². The molecule has 0 aliphatic rings. The van der Waals surface area contributed by atoms with Gasteiger partial charge in [0.2, 0.25) is 0 Å². The first-order valence-corrected chi connectivity index (χ1v) is 2.61. The third-order valence-electron chi connectivity index (χ3n) is 0.718. The molecule has 0 aromatic carbocycles. The first-order chi connectivity index (χ1) is 3.91. The van der Waals surface area contributed by atoms with Crippen LogP contribution in [0.25, 0.3) is 0 Å². The van der Waals surface area contributed by atoms with Crippen LogP contribution in [0, 0.1) is 0 Å². The normalized spacial score (nSPS) is 10.8. The molecule has 0 spiro atoms. The fourth-order valence-electron chi connectivity index (χ4n) is 0.344. The molecule has 2 heteroatoms. The van der Waals surface area contributed by atoms with Gasteiger partial charge in [0.25, 0.3) is 0 Å². The molecular formula is C6H12NO. The van der Waals surface area contributed by atoms with Gasteiger partial charge >= 0.3 is 0 Å². The second-order valence-corrected chi connectivity index (χ2v) is 1.43. The van der Waals surface area contributed by atoms with Gasteiger partial charge in [0.05, 0.1) is 6.61 Å². The number of rotatable bonds is 4. The van der Waals surface area contributed by atoms with E-state index in [1.54, 1.807) is 14.2 Å². The van der Waals surface area contributed by atoms with Crippen molar-refractivity contribution in [1.29, 1.82) is 0 Å². The highest BCUT2D eigenvalue weighted by molar-refractivity contribution is 4.82. The smallest absolute Gasteiger partial charge is 0.0644 e. The van der Waals surface area contributed by atoms with Crippen molar-refractivity contribution >= 4 is 0 Å². The molecule has 0 amide bonds. The van der Waals surface area contributed by atoms with Gasteiger partial charge in [-0.2, -0.15) is 0 Å². The van der Waals surface area contributed by atoms with Crippen LogP contribution in [0.15, 0.2) is 12.2 Å². The summed E-state index contributed by atoms with van der Waals surface area (Å²) in [6.45, 7) is 1.48. The van der Waals surface area contributed by atoms with Crippen LogP contribution in [0.3, 0.4) is 0 Å². The standard InChI is InChI=1S/C6H12NO/c1-7-5-3-4-6-8-2/h3-4H,5-6H2,1-2H3. The van der Waals surface area contributed by atoms with Crippen molar-refractivity contribution < 1.29 is 4.74 Å². The van der Waals surface area contributed by atoms with Crippen LogP contribution in [0.2, 0.25) is 0 Å². The van der Waals surface area contributed by atoms with E-state index < -0.39 is 0 Å². The van der Waals surface area contributed by atoms with Crippen LogP contribution in [0.4, 0.5) is 0 Å². The molecule has 47 valence electrons. The van der Waals surface area contributed by atoms with Crippen LogP contribution in [0.5, 0.6) is 0 Å². The van der Waals surface area contributed by atoms with Gasteiger partial charge in [-0.3, -0.25) is 0 Å². The van der Waals surface area contributed by atoms with Crippen LogP contribution < -0.4 is 5.32 Å². The average molecular weight is 114 g/mol. The molecule has 0 heterocycles. The Morgan fingerprint density at radius 3 is 2.75 bits per heavy atom. The van der Waals surface area contributed by atoms with Crippen molar-refractivity contribution in [3.63, 3.8) is 0 Å². The molecule has 0 fully saturated rings. The van der Waals surface area contributed by atoms with Gasteiger partial charge in [0.1, 0.15) is 0 Å². The number of hydrogen-bond donors (Lipinski definition) is 0. The van der Waals surface area contributed by atoms with Crippen LogP contribution >= 0.6 is 0 Å². The van der Waals surface area contributed by atoms with Crippen LogP contribution in [0.1, 0.15) is 0 Å². The van der Waals surface area contributed by atoms with Gasteiger partial charge in [-0.1, -0.05) is 12.2 Å². The summed E-state index contributed by atoms with van der Waals surface area (Å²) in [6, 6.07) is 0. The number of hydrogen-bond acceptors (Lipinski definition) is 1. The van der Waals surface area contributed by atoms with Crippen molar-refractivity contribution in [1.82, 2.24) is 5.32 Å². The maximum atomic E-state index is 4.76. The molecule has 0 aromatic rings.